The first-order valence-electron chi connectivity index (χ1n) is 11.0. The van der Waals surface area contributed by atoms with E-state index in [0.717, 1.165) is 22.3 Å². The molecular weight excluding hydrogens is 398 g/mol. The van der Waals surface area contributed by atoms with Crippen LogP contribution in [0, 0.1) is 5.41 Å². The number of likely N-dealkylation sites (tertiary alicyclic amines) is 1. The smallest absolute Gasteiger partial charge is 0.230 e. The van der Waals surface area contributed by atoms with E-state index in [9.17, 15) is 9.59 Å². The van der Waals surface area contributed by atoms with Gasteiger partial charge in [-0.1, -0.05) is 60.7 Å². The largest absolute Gasteiger partial charge is 0.348 e. The first kappa shape index (κ1) is 21.8. The molecule has 0 unspecified atom stereocenters. The summed E-state index contributed by atoms with van der Waals surface area (Å²) in [5.41, 5.74) is 3.68. The third kappa shape index (κ3) is 4.57. The molecule has 2 aromatic carbocycles. The third-order valence-corrected chi connectivity index (χ3v) is 6.28. The Bertz CT molecular complexity index is 1080. The molecule has 0 saturated carbocycles. The number of rotatable bonds is 6. The first-order valence-corrected chi connectivity index (χ1v) is 11.0. The molecule has 3 aromatic rings. The van der Waals surface area contributed by atoms with Crippen LogP contribution in [-0.2, 0) is 22.4 Å². The van der Waals surface area contributed by atoms with Crippen molar-refractivity contribution in [3.05, 3.63) is 90.3 Å². The van der Waals surface area contributed by atoms with Crippen LogP contribution in [0.5, 0.6) is 0 Å². The van der Waals surface area contributed by atoms with Crippen molar-refractivity contribution in [3.8, 4) is 11.1 Å². The summed E-state index contributed by atoms with van der Waals surface area (Å²) in [5, 5.41) is 0. The number of hydrogen-bond donors (Lipinski definition) is 0. The van der Waals surface area contributed by atoms with Gasteiger partial charge in [0.1, 0.15) is 0 Å². The van der Waals surface area contributed by atoms with Gasteiger partial charge in [0, 0.05) is 39.6 Å². The molecular formula is C27H29N3O2. The quantitative estimate of drug-likeness (QED) is 0.601. The molecule has 1 aromatic heterocycles. The lowest BCUT2D eigenvalue weighted by atomic mass is 9.77. The van der Waals surface area contributed by atoms with Gasteiger partial charge in [0.05, 0.1) is 11.8 Å². The Labute approximate surface area is 189 Å². The number of amides is 2. The Morgan fingerprint density at radius 2 is 1.75 bits per heavy atom. The summed E-state index contributed by atoms with van der Waals surface area (Å²) in [7, 11) is 3.60. The van der Waals surface area contributed by atoms with Crippen LogP contribution in [0.1, 0.15) is 17.5 Å². The van der Waals surface area contributed by atoms with Gasteiger partial charge < -0.3 is 9.80 Å². The molecule has 0 radical (unpaired) electrons. The second-order valence-electron chi connectivity index (χ2n) is 8.78. The maximum atomic E-state index is 13.4. The van der Waals surface area contributed by atoms with Gasteiger partial charge in [0.15, 0.2) is 0 Å². The van der Waals surface area contributed by atoms with Gasteiger partial charge in [0.25, 0.3) is 0 Å². The molecule has 1 aliphatic rings. The molecule has 1 saturated heterocycles. The van der Waals surface area contributed by atoms with Crippen molar-refractivity contribution >= 4 is 11.8 Å². The molecule has 1 aliphatic heterocycles. The minimum Gasteiger partial charge on any atom is -0.348 e. The standard InChI is InChI=1S/C27H29N3O2/c1-29(2)26(32)27(14-16-30(20-27)25(31)17-21-9-8-15-28-19-21)18-23-12-6-7-13-24(23)22-10-4-3-5-11-22/h3-13,15,19H,14,16-18,20H2,1-2H3/t27-/m0/s1. The molecule has 164 valence electrons. The summed E-state index contributed by atoms with van der Waals surface area (Å²) < 4.78 is 0. The molecule has 5 heteroatoms. The van der Waals surface area contributed by atoms with Gasteiger partial charge in [-0.25, -0.2) is 0 Å². The monoisotopic (exact) mass is 427 g/mol. The van der Waals surface area contributed by atoms with Crippen LogP contribution >= 0.6 is 0 Å². The lowest BCUT2D eigenvalue weighted by Gasteiger charge is -2.32. The Morgan fingerprint density at radius 3 is 2.47 bits per heavy atom. The number of carbonyl (C=O) groups excluding carboxylic acids is 2. The van der Waals surface area contributed by atoms with E-state index in [1.165, 1.54) is 0 Å². The fraction of sp³-hybridized carbons (Fsp3) is 0.296. The number of nitrogens with zero attached hydrogens (tertiary/aromatic N) is 3. The number of carbonyl (C=O) groups is 2. The Hall–Kier alpha value is -3.47. The fourth-order valence-electron chi connectivity index (χ4n) is 4.68. The lowest BCUT2D eigenvalue weighted by Crippen LogP contribution is -2.45. The number of hydrogen-bond acceptors (Lipinski definition) is 3. The number of benzene rings is 2. The molecule has 1 atom stereocenters. The highest BCUT2D eigenvalue weighted by Crippen LogP contribution is 2.38. The molecule has 4 rings (SSSR count). The summed E-state index contributed by atoms with van der Waals surface area (Å²) in [6.45, 7) is 1.03. The average Bonchev–Trinajstić information content (AvgIpc) is 3.25. The van der Waals surface area contributed by atoms with Crippen LogP contribution in [0.15, 0.2) is 79.1 Å². The molecule has 0 spiro atoms. The number of pyridine rings is 1. The average molecular weight is 428 g/mol. The van der Waals surface area contributed by atoms with Gasteiger partial charge >= 0.3 is 0 Å². The van der Waals surface area contributed by atoms with Crippen LogP contribution in [0.25, 0.3) is 11.1 Å². The van der Waals surface area contributed by atoms with Gasteiger partial charge in [-0.15, -0.1) is 0 Å². The van der Waals surface area contributed by atoms with Crippen molar-refractivity contribution in [2.75, 3.05) is 27.2 Å². The molecule has 5 nitrogen and oxygen atoms in total. The van der Waals surface area contributed by atoms with E-state index in [2.05, 4.69) is 29.2 Å². The minimum atomic E-state index is -0.626. The van der Waals surface area contributed by atoms with Crippen molar-refractivity contribution in [1.29, 1.82) is 0 Å². The SMILES string of the molecule is CN(C)C(=O)[C@]1(Cc2ccccc2-c2ccccc2)CCN(C(=O)Cc2cccnc2)C1. The fourth-order valence-corrected chi connectivity index (χ4v) is 4.68. The van der Waals surface area contributed by atoms with Crippen molar-refractivity contribution in [3.63, 3.8) is 0 Å². The van der Waals surface area contributed by atoms with Crippen LogP contribution in [-0.4, -0.2) is 53.8 Å². The van der Waals surface area contributed by atoms with Gasteiger partial charge in [-0.05, 0) is 41.2 Å². The summed E-state index contributed by atoms with van der Waals surface area (Å²) in [4.78, 5) is 34.1. The zero-order chi connectivity index (χ0) is 22.6. The van der Waals surface area contributed by atoms with Gasteiger partial charge in [-0.3, -0.25) is 14.6 Å². The second kappa shape index (κ2) is 9.35. The van der Waals surface area contributed by atoms with E-state index in [4.69, 9.17) is 0 Å². The van der Waals surface area contributed by atoms with E-state index in [1.807, 2.05) is 47.4 Å². The van der Waals surface area contributed by atoms with Gasteiger partial charge in [-0.2, -0.15) is 0 Å². The topological polar surface area (TPSA) is 53.5 Å². The molecule has 2 heterocycles. The highest BCUT2D eigenvalue weighted by molar-refractivity contribution is 5.86. The van der Waals surface area contributed by atoms with Gasteiger partial charge in [0.2, 0.25) is 11.8 Å². The molecule has 0 N–H and O–H groups in total. The van der Waals surface area contributed by atoms with E-state index >= 15 is 0 Å². The molecule has 32 heavy (non-hydrogen) atoms. The van der Waals surface area contributed by atoms with Crippen molar-refractivity contribution < 1.29 is 9.59 Å². The zero-order valence-electron chi connectivity index (χ0n) is 18.7. The number of aromatic nitrogens is 1. The predicted octanol–water partition coefficient (Wildman–Crippen LogP) is 3.84. The first-order chi connectivity index (χ1) is 15.5. The Kier molecular flexibility index (Phi) is 6.35. The molecule has 1 fully saturated rings. The molecule has 2 amide bonds. The summed E-state index contributed by atoms with van der Waals surface area (Å²) in [6, 6.07) is 22.3. The zero-order valence-corrected chi connectivity index (χ0v) is 18.7. The van der Waals surface area contributed by atoms with Crippen LogP contribution in [0.3, 0.4) is 0 Å². The van der Waals surface area contributed by atoms with Crippen LogP contribution in [0.2, 0.25) is 0 Å². The van der Waals surface area contributed by atoms with Crippen molar-refractivity contribution in [1.82, 2.24) is 14.8 Å². The van der Waals surface area contributed by atoms with Crippen LogP contribution in [0.4, 0.5) is 0 Å². The van der Waals surface area contributed by atoms with Crippen molar-refractivity contribution in [2.45, 2.75) is 19.3 Å². The minimum absolute atomic E-state index is 0.0442. The maximum Gasteiger partial charge on any atom is 0.230 e. The summed E-state index contributed by atoms with van der Waals surface area (Å²) >= 11 is 0. The van der Waals surface area contributed by atoms with E-state index in [0.29, 0.717) is 32.4 Å². The summed E-state index contributed by atoms with van der Waals surface area (Å²) in [6.07, 6.45) is 5.00. The summed E-state index contributed by atoms with van der Waals surface area (Å²) in [5.74, 6) is 0.125. The van der Waals surface area contributed by atoms with Crippen molar-refractivity contribution in [2.24, 2.45) is 5.41 Å². The Morgan fingerprint density at radius 1 is 1.00 bits per heavy atom. The molecule has 0 bridgehead atoms. The van der Waals surface area contributed by atoms with E-state index < -0.39 is 5.41 Å². The molecule has 0 aliphatic carbocycles. The Balaban J connectivity index is 1.61. The third-order valence-electron chi connectivity index (χ3n) is 6.28. The maximum absolute atomic E-state index is 13.4. The predicted molar refractivity (Wildman–Crippen MR) is 126 cm³/mol. The van der Waals surface area contributed by atoms with Crippen LogP contribution < -0.4 is 0 Å². The normalized spacial score (nSPS) is 17.9. The lowest BCUT2D eigenvalue weighted by molar-refractivity contribution is -0.139. The van der Waals surface area contributed by atoms with E-state index in [1.54, 1.807) is 31.4 Å². The highest BCUT2D eigenvalue weighted by atomic mass is 16.2. The second-order valence-corrected chi connectivity index (χ2v) is 8.78. The van der Waals surface area contributed by atoms with E-state index in [-0.39, 0.29) is 11.8 Å². The highest BCUT2D eigenvalue weighted by Gasteiger charge is 2.46.